The normalized spacial score (nSPS) is 10.3. The number of nitrogens with zero attached hydrogens (tertiary/aromatic N) is 1. The number of pyridine rings is 1. The van der Waals surface area contributed by atoms with Crippen LogP contribution in [-0.2, 0) is 6.54 Å². The summed E-state index contributed by atoms with van der Waals surface area (Å²) in [6.45, 7) is 0.810. The van der Waals surface area contributed by atoms with E-state index in [2.05, 4.69) is 54.3 Å². The van der Waals surface area contributed by atoms with Crippen LogP contribution >= 0.6 is 43.2 Å². The van der Waals surface area contributed by atoms with E-state index in [1.807, 2.05) is 12.1 Å². The van der Waals surface area contributed by atoms with Crippen LogP contribution in [0.15, 0.2) is 38.7 Å². The summed E-state index contributed by atoms with van der Waals surface area (Å²) in [6, 6.07) is 8.07. The minimum absolute atomic E-state index is 0.810. The van der Waals surface area contributed by atoms with Gasteiger partial charge in [0.25, 0.3) is 0 Å². The molecule has 2 aromatic heterocycles. The average Bonchev–Trinajstić information content (AvgIpc) is 2.64. The lowest BCUT2D eigenvalue weighted by Crippen LogP contribution is -1.98. The van der Waals surface area contributed by atoms with Gasteiger partial charge in [-0.1, -0.05) is 0 Å². The third-order valence-corrected chi connectivity index (χ3v) is 3.89. The Morgan fingerprint density at radius 2 is 2.07 bits per heavy atom. The fourth-order valence-electron chi connectivity index (χ4n) is 1.10. The molecule has 0 aliphatic carbocycles. The molecule has 0 saturated carbocycles. The topological polar surface area (TPSA) is 24.9 Å². The Kier molecular flexibility index (Phi) is 3.77. The second-order valence-electron chi connectivity index (χ2n) is 2.92. The second kappa shape index (κ2) is 5.09. The number of hydrogen-bond donors (Lipinski definition) is 1. The molecule has 0 bridgehead atoms. The third kappa shape index (κ3) is 3.29. The second-order valence-corrected chi connectivity index (χ2v) is 6.38. The molecule has 0 aliphatic rings. The first-order chi connectivity index (χ1) is 7.24. The first-order valence-corrected chi connectivity index (χ1v) is 6.74. The van der Waals surface area contributed by atoms with Crippen LogP contribution < -0.4 is 5.32 Å². The molecule has 2 heterocycles. The number of hydrogen-bond acceptors (Lipinski definition) is 3. The third-order valence-electron chi connectivity index (χ3n) is 1.80. The lowest BCUT2D eigenvalue weighted by molar-refractivity contribution is 1.14. The van der Waals surface area contributed by atoms with Gasteiger partial charge in [-0.2, -0.15) is 0 Å². The minimum atomic E-state index is 0.810. The van der Waals surface area contributed by atoms with Gasteiger partial charge in [0.1, 0.15) is 5.82 Å². The van der Waals surface area contributed by atoms with E-state index in [0.29, 0.717) is 0 Å². The number of nitrogens with one attached hydrogen (secondary N) is 1. The Labute approximate surface area is 109 Å². The van der Waals surface area contributed by atoms with Crippen LogP contribution in [0.1, 0.15) is 4.88 Å². The summed E-state index contributed by atoms with van der Waals surface area (Å²) in [5, 5.41) is 3.26. The maximum atomic E-state index is 4.24. The molecule has 0 aromatic carbocycles. The Balaban J connectivity index is 1.96. The maximum Gasteiger partial charge on any atom is 0.126 e. The summed E-state index contributed by atoms with van der Waals surface area (Å²) in [5.41, 5.74) is 0. The van der Waals surface area contributed by atoms with Crippen molar-refractivity contribution in [3.63, 3.8) is 0 Å². The van der Waals surface area contributed by atoms with Crippen molar-refractivity contribution < 1.29 is 0 Å². The lowest BCUT2D eigenvalue weighted by Gasteiger charge is -2.02. The van der Waals surface area contributed by atoms with Gasteiger partial charge < -0.3 is 5.32 Å². The number of anilines is 1. The molecule has 0 aliphatic heterocycles. The van der Waals surface area contributed by atoms with Gasteiger partial charge in [-0.15, -0.1) is 11.3 Å². The number of thiophene rings is 1. The fraction of sp³-hybridized carbons (Fsp3) is 0.100. The highest BCUT2D eigenvalue weighted by Gasteiger charge is 1.98. The predicted octanol–water partition coefficient (Wildman–Crippen LogP) is 4.28. The Morgan fingerprint density at radius 1 is 1.20 bits per heavy atom. The molecule has 0 atom stereocenters. The molecular weight excluding hydrogens is 340 g/mol. The van der Waals surface area contributed by atoms with Crippen molar-refractivity contribution in [1.82, 2.24) is 4.98 Å². The SMILES string of the molecule is Brc1ccc(NCc2ccc(Br)s2)nc1. The van der Waals surface area contributed by atoms with Crippen molar-refractivity contribution in [3.8, 4) is 0 Å². The Hall–Kier alpha value is -0.390. The van der Waals surface area contributed by atoms with Crippen molar-refractivity contribution in [1.29, 1.82) is 0 Å². The van der Waals surface area contributed by atoms with E-state index in [1.165, 1.54) is 4.88 Å². The number of rotatable bonds is 3. The van der Waals surface area contributed by atoms with Crippen LogP contribution in [0.3, 0.4) is 0 Å². The summed E-state index contributed by atoms with van der Waals surface area (Å²) in [5.74, 6) is 0.891. The van der Waals surface area contributed by atoms with Crippen molar-refractivity contribution in [2.24, 2.45) is 0 Å². The smallest absolute Gasteiger partial charge is 0.126 e. The molecule has 1 N–H and O–H groups in total. The van der Waals surface area contributed by atoms with Crippen LogP contribution in [0.5, 0.6) is 0 Å². The van der Waals surface area contributed by atoms with E-state index < -0.39 is 0 Å². The largest absolute Gasteiger partial charge is 0.365 e. The summed E-state index contributed by atoms with van der Waals surface area (Å²) >= 11 is 8.51. The average molecular weight is 348 g/mol. The van der Waals surface area contributed by atoms with Crippen molar-refractivity contribution in [3.05, 3.63) is 43.6 Å². The van der Waals surface area contributed by atoms with Crippen LogP contribution in [0, 0.1) is 0 Å². The molecule has 0 unspecified atom stereocenters. The summed E-state index contributed by atoms with van der Waals surface area (Å²) in [6.07, 6.45) is 1.78. The van der Waals surface area contributed by atoms with E-state index in [-0.39, 0.29) is 0 Å². The van der Waals surface area contributed by atoms with E-state index >= 15 is 0 Å². The van der Waals surface area contributed by atoms with E-state index in [9.17, 15) is 0 Å². The van der Waals surface area contributed by atoms with Crippen LogP contribution in [0.2, 0.25) is 0 Å². The van der Waals surface area contributed by atoms with E-state index in [0.717, 1.165) is 20.6 Å². The zero-order valence-corrected chi connectivity index (χ0v) is 11.7. The van der Waals surface area contributed by atoms with Gasteiger partial charge in [0.15, 0.2) is 0 Å². The molecule has 5 heteroatoms. The standard InChI is InChI=1S/C10H8Br2N2S/c11-7-1-4-10(13-5-7)14-6-8-2-3-9(12)15-8/h1-5H,6H2,(H,13,14). The zero-order chi connectivity index (χ0) is 10.7. The van der Waals surface area contributed by atoms with Gasteiger partial charge in [0.05, 0.1) is 10.3 Å². The molecule has 0 fully saturated rings. The highest BCUT2D eigenvalue weighted by atomic mass is 79.9. The Morgan fingerprint density at radius 3 is 2.67 bits per heavy atom. The molecule has 15 heavy (non-hydrogen) atoms. The monoisotopic (exact) mass is 346 g/mol. The molecule has 0 amide bonds. The minimum Gasteiger partial charge on any atom is -0.365 e. The fourth-order valence-corrected chi connectivity index (χ4v) is 2.76. The van der Waals surface area contributed by atoms with Crippen LogP contribution in [0.4, 0.5) is 5.82 Å². The molecular formula is C10H8Br2N2S. The number of aromatic nitrogens is 1. The molecule has 78 valence electrons. The summed E-state index contributed by atoms with van der Waals surface area (Å²) in [7, 11) is 0. The van der Waals surface area contributed by atoms with Gasteiger partial charge in [-0.25, -0.2) is 4.98 Å². The number of halogens is 2. The van der Waals surface area contributed by atoms with E-state index in [4.69, 9.17) is 0 Å². The zero-order valence-electron chi connectivity index (χ0n) is 7.71. The first-order valence-electron chi connectivity index (χ1n) is 4.34. The molecule has 2 rings (SSSR count). The van der Waals surface area contributed by atoms with Gasteiger partial charge in [0.2, 0.25) is 0 Å². The highest BCUT2D eigenvalue weighted by Crippen LogP contribution is 2.22. The predicted molar refractivity (Wildman–Crippen MR) is 71.3 cm³/mol. The lowest BCUT2D eigenvalue weighted by atomic mass is 10.4. The van der Waals surface area contributed by atoms with Gasteiger partial charge >= 0.3 is 0 Å². The van der Waals surface area contributed by atoms with Crippen LogP contribution in [0.25, 0.3) is 0 Å². The van der Waals surface area contributed by atoms with Crippen molar-refractivity contribution in [2.45, 2.75) is 6.54 Å². The van der Waals surface area contributed by atoms with Crippen molar-refractivity contribution in [2.75, 3.05) is 5.32 Å². The Bertz CT molecular complexity index is 439. The molecule has 2 nitrogen and oxygen atoms in total. The first kappa shape index (κ1) is 11.1. The van der Waals surface area contributed by atoms with Gasteiger partial charge in [-0.3, -0.25) is 0 Å². The van der Waals surface area contributed by atoms with Crippen LogP contribution in [-0.4, -0.2) is 4.98 Å². The quantitative estimate of drug-likeness (QED) is 0.896. The highest BCUT2D eigenvalue weighted by molar-refractivity contribution is 9.11. The summed E-state index contributed by atoms with van der Waals surface area (Å²) in [4.78, 5) is 5.52. The summed E-state index contributed by atoms with van der Waals surface area (Å²) < 4.78 is 2.15. The maximum absolute atomic E-state index is 4.24. The molecule has 2 aromatic rings. The molecule has 0 radical (unpaired) electrons. The van der Waals surface area contributed by atoms with Gasteiger partial charge in [0, 0.05) is 15.5 Å². The van der Waals surface area contributed by atoms with Gasteiger partial charge in [-0.05, 0) is 56.1 Å². The molecule has 0 saturated heterocycles. The van der Waals surface area contributed by atoms with Crippen molar-refractivity contribution >= 4 is 49.0 Å². The van der Waals surface area contributed by atoms with E-state index in [1.54, 1.807) is 17.5 Å². The molecule has 0 spiro atoms.